The molecule has 0 atom stereocenters. The summed E-state index contributed by atoms with van der Waals surface area (Å²) in [6.07, 6.45) is 20.0. The number of ether oxygens (including phenoxy) is 2. The SMILES string of the molecule is CC(C)(C)Oc1ccc(O)cc1.CC(C)(C)Oc1ccc(O)cc1.[C-]1=CC=CC1.[C-]1=CC=CC1.[Zr+2]. The first-order valence-electron chi connectivity index (χ1n) is 11.3. The molecule has 2 aliphatic carbocycles. The molecule has 0 spiro atoms. The van der Waals surface area contributed by atoms with Gasteiger partial charge in [-0.2, -0.15) is 12.2 Å². The summed E-state index contributed by atoms with van der Waals surface area (Å²) >= 11 is 0. The molecule has 2 aromatic rings. The minimum atomic E-state index is -0.184. The molecule has 0 radical (unpaired) electrons. The molecule has 0 unspecified atom stereocenters. The molecule has 2 aromatic carbocycles. The maximum absolute atomic E-state index is 9.00. The van der Waals surface area contributed by atoms with Crippen molar-refractivity contribution >= 4 is 0 Å². The molecule has 4 nitrogen and oxygen atoms in total. The van der Waals surface area contributed by atoms with Crippen LogP contribution in [0.1, 0.15) is 54.4 Å². The van der Waals surface area contributed by atoms with Crippen molar-refractivity contribution in [3.8, 4) is 23.0 Å². The van der Waals surface area contributed by atoms with E-state index in [4.69, 9.17) is 19.7 Å². The molecule has 0 saturated heterocycles. The van der Waals surface area contributed by atoms with E-state index in [1.807, 2.05) is 65.8 Å². The second-order valence-corrected chi connectivity index (χ2v) is 9.42. The van der Waals surface area contributed by atoms with Crippen molar-refractivity contribution in [2.45, 2.75) is 65.6 Å². The smallest absolute Gasteiger partial charge is 0.508 e. The third-order valence-corrected chi connectivity index (χ3v) is 3.69. The van der Waals surface area contributed by atoms with Gasteiger partial charge in [-0.15, -0.1) is 12.8 Å². The number of rotatable bonds is 2. The molecule has 0 amide bonds. The van der Waals surface area contributed by atoms with E-state index in [9.17, 15) is 0 Å². The average Bonchev–Trinajstić information content (AvgIpc) is 3.49. The number of aromatic hydroxyl groups is 2. The molecule has 0 aromatic heterocycles. The van der Waals surface area contributed by atoms with Gasteiger partial charge in [-0.05, 0) is 90.1 Å². The molecule has 2 N–H and O–H groups in total. The number of hydrogen-bond donors (Lipinski definition) is 2. The van der Waals surface area contributed by atoms with E-state index in [2.05, 4.69) is 24.3 Å². The maximum Gasteiger partial charge on any atom is 2.00 e. The third kappa shape index (κ3) is 19.5. The Morgan fingerprint density at radius 1 is 0.600 bits per heavy atom. The van der Waals surface area contributed by atoms with Crippen LogP contribution in [0.25, 0.3) is 0 Å². The maximum atomic E-state index is 9.00. The molecule has 5 heteroatoms. The van der Waals surface area contributed by atoms with Gasteiger partial charge in [-0.25, -0.2) is 24.3 Å². The fraction of sp³-hybridized carbons (Fsp3) is 0.333. The molecule has 0 saturated carbocycles. The summed E-state index contributed by atoms with van der Waals surface area (Å²) in [6, 6.07) is 13.5. The van der Waals surface area contributed by atoms with Crippen LogP contribution in [0.3, 0.4) is 0 Å². The molecule has 0 aliphatic heterocycles. The predicted molar refractivity (Wildman–Crippen MR) is 140 cm³/mol. The van der Waals surface area contributed by atoms with Gasteiger partial charge >= 0.3 is 26.2 Å². The van der Waals surface area contributed by atoms with Crippen LogP contribution in [-0.2, 0) is 26.2 Å². The monoisotopic (exact) mass is 552 g/mol. The Bertz CT molecular complexity index is 827. The fourth-order valence-electron chi connectivity index (χ4n) is 2.42. The van der Waals surface area contributed by atoms with Crippen molar-refractivity contribution < 1.29 is 45.9 Å². The van der Waals surface area contributed by atoms with E-state index >= 15 is 0 Å². The molecule has 0 heterocycles. The Labute approximate surface area is 230 Å². The standard InChI is InChI=1S/2C10H14O2.2C5H5.Zr/c2*1-10(2,3)12-9-6-4-8(11)5-7-9;2*1-2-4-5-3-1;/h2*4-7,11H,1-3H3;2*1-3H,4H2;/q;;2*-1;+2. The van der Waals surface area contributed by atoms with Crippen molar-refractivity contribution in [3.05, 3.63) is 97.1 Å². The van der Waals surface area contributed by atoms with Crippen LogP contribution in [0.4, 0.5) is 0 Å². The summed E-state index contributed by atoms with van der Waals surface area (Å²) in [5.41, 5.74) is -0.367. The fourth-order valence-corrected chi connectivity index (χ4v) is 2.42. The van der Waals surface area contributed by atoms with Crippen molar-refractivity contribution in [2.75, 3.05) is 0 Å². The van der Waals surface area contributed by atoms with Crippen molar-refractivity contribution in [1.82, 2.24) is 0 Å². The minimum absolute atomic E-state index is 0. The largest absolute Gasteiger partial charge is 2.00 e. The van der Waals surface area contributed by atoms with E-state index in [1.165, 1.54) is 0 Å². The quantitative estimate of drug-likeness (QED) is 0.373. The summed E-state index contributed by atoms with van der Waals surface area (Å²) in [5.74, 6) is 2.08. The molecular formula is C30H38O4Zr. The van der Waals surface area contributed by atoms with Gasteiger partial charge in [0.15, 0.2) is 0 Å². The molecule has 4 rings (SSSR count). The molecule has 186 valence electrons. The number of allylic oxidation sites excluding steroid dienone is 8. The number of benzene rings is 2. The Kier molecular flexibility index (Phi) is 15.8. The number of phenols is 2. The van der Waals surface area contributed by atoms with E-state index in [1.54, 1.807) is 48.5 Å². The molecule has 0 fully saturated rings. The zero-order valence-corrected chi connectivity index (χ0v) is 24.2. The zero-order valence-electron chi connectivity index (χ0n) is 21.7. The van der Waals surface area contributed by atoms with Gasteiger partial charge in [0.2, 0.25) is 0 Å². The summed E-state index contributed by atoms with van der Waals surface area (Å²) in [4.78, 5) is 0. The van der Waals surface area contributed by atoms with Crippen LogP contribution in [0.5, 0.6) is 23.0 Å². The van der Waals surface area contributed by atoms with Gasteiger partial charge in [0.1, 0.15) is 34.2 Å². The first-order chi connectivity index (χ1) is 15.9. The van der Waals surface area contributed by atoms with Crippen molar-refractivity contribution in [3.63, 3.8) is 0 Å². The Hall–Kier alpha value is -2.52. The average molecular weight is 554 g/mol. The third-order valence-electron chi connectivity index (χ3n) is 3.69. The Morgan fingerprint density at radius 2 is 0.914 bits per heavy atom. The van der Waals surface area contributed by atoms with Gasteiger partial charge in [-0.1, -0.05) is 0 Å². The van der Waals surface area contributed by atoms with Gasteiger partial charge < -0.3 is 19.7 Å². The molecular weight excluding hydrogens is 516 g/mol. The van der Waals surface area contributed by atoms with Gasteiger partial charge in [-0.3, -0.25) is 12.2 Å². The van der Waals surface area contributed by atoms with Crippen LogP contribution in [-0.4, -0.2) is 21.4 Å². The van der Waals surface area contributed by atoms with Crippen LogP contribution in [0.2, 0.25) is 0 Å². The van der Waals surface area contributed by atoms with Gasteiger partial charge in [0.25, 0.3) is 0 Å². The summed E-state index contributed by atoms with van der Waals surface area (Å²) in [7, 11) is 0. The normalized spacial score (nSPS) is 12.7. The van der Waals surface area contributed by atoms with Crippen molar-refractivity contribution in [1.29, 1.82) is 0 Å². The second kappa shape index (κ2) is 17.0. The number of hydrogen-bond acceptors (Lipinski definition) is 4. The summed E-state index contributed by atoms with van der Waals surface area (Å²) in [6.45, 7) is 11.9. The van der Waals surface area contributed by atoms with Crippen LogP contribution >= 0.6 is 0 Å². The van der Waals surface area contributed by atoms with Gasteiger partial charge in [0, 0.05) is 0 Å². The predicted octanol–water partition coefficient (Wildman–Crippen LogP) is 7.75. The molecule has 2 aliphatic rings. The zero-order chi connectivity index (χ0) is 25.5. The molecule has 0 bridgehead atoms. The summed E-state index contributed by atoms with van der Waals surface area (Å²) in [5, 5.41) is 18.0. The molecule has 35 heavy (non-hydrogen) atoms. The Morgan fingerprint density at radius 3 is 1.09 bits per heavy atom. The Balaban J connectivity index is 0.000000468. The van der Waals surface area contributed by atoms with Crippen LogP contribution in [0, 0.1) is 12.2 Å². The number of phenolic OH excluding ortho intramolecular Hbond substituents is 2. The van der Waals surface area contributed by atoms with Crippen LogP contribution < -0.4 is 9.47 Å². The van der Waals surface area contributed by atoms with E-state index < -0.39 is 0 Å². The summed E-state index contributed by atoms with van der Waals surface area (Å²) < 4.78 is 11.1. The van der Waals surface area contributed by atoms with E-state index in [-0.39, 0.29) is 48.9 Å². The first kappa shape index (κ1) is 32.5. The second-order valence-electron chi connectivity index (χ2n) is 9.42. The van der Waals surface area contributed by atoms with E-state index in [0.29, 0.717) is 0 Å². The first-order valence-corrected chi connectivity index (χ1v) is 11.3. The van der Waals surface area contributed by atoms with Crippen LogP contribution in [0.15, 0.2) is 85.0 Å². The van der Waals surface area contributed by atoms with E-state index in [0.717, 1.165) is 24.3 Å². The minimum Gasteiger partial charge on any atom is -0.508 e. The topological polar surface area (TPSA) is 58.9 Å². The van der Waals surface area contributed by atoms with Gasteiger partial charge in [0.05, 0.1) is 0 Å². The van der Waals surface area contributed by atoms with Crippen molar-refractivity contribution in [2.24, 2.45) is 0 Å².